The van der Waals surface area contributed by atoms with Crippen LogP contribution in [-0.4, -0.2) is 42.2 Å². The van der Waals surface area contributed by atoms with E-state index in [0.29, 0.717) is 12.5 Å². The van der Waals surface area contributed by atoms with Gasteiger partial charge in [-0.3, -0.25) is 9.59 Å². The monoisotopic (exact) mass is 231 g/mol. The van der Waals surface area contributed by atoms with Gasteiger partial charge >= 0.3 is 0 Å². The summed E-state index contributed by atoms with van der Waals surface area (Å²) in [5, 5.41) is 14.6. The Morgan fingerprint density at radius 2 is 2.00 bits per heavy atom. The predicted octanol–water partition coefficient (Wildman–Crippen LogP) is -1.27. The summed E-state index contributed by atoms with van der Waals surface area (Å²) in [4.78, 5) is 21.7. The van der Waals surface area contributed by atoms with E-state index >= 15 is 0 Å². The van der Waals surface area contributed by atoms with E-state index in [2.05, 4.69) is 10.6 Å². The maximum Gasteiger partial charge on any atom is 0.248 e. The zero-order valence-electron chi connectivity index (χ0n) is 9.82. The second-order valence-corrected chi connectivity index (χ2v) is 3.93. The van der Waals surface area contributed by atoms with E-state index in [0.717, 1.165) is 13.0 Å². The van der Waals surface area contributed by atoms with Crippen molar-refractivity contribution >= 4 is 11.8 Å². The number of rotatable bonds is 8. The van der Waals surface area contributed by atoms with Crippen LogP contribution in [0, 0.1) is 0 Å². The summed E-state index contributed by atoms with van der Waals surface area (Å²) in [6, 6.07) is 0.403. The third kappa shape index (κ3) is 8.19. The zero-order chi connectivity index (χ0) is 12.6. The van der Waals surface area contributed by atoms with Gasteiger partial charge in [0.15, 0.2) is 0 Å². The molecule has 2 amide bonds. The molecule has 16 heavy (non-hydrogen) atoms. The molecule has 0 aromatic heterocycles. The lowest BCUT2D eigenvalue weighted by atomic mass is 10.2. The SMILES string of the molecule is CC(C)NCCCC(=O)NCC(O)C(N)=O. The molecule has 0 spiro atoms. The second kappa shape index (κ2) is 8.06. The van der Waals surface area contributed by atoms with E-state index in [1.54, 1.807) is 0 Å². The van der Waals surface area contributed by atoms with Gasteiger partial charge in [-0.1, -0.05) is 13.8 Å². The number of carbonyl (C=O) groups excluding carboxylic acids is 2. The summed E-state index contributed by atoms with van der Waals surface area (Å²) in [6.45, 7) is 4.71. The van der Waals surface area contributed by atoms with E-state index in [-0.39, 0.29) is 12.5 Å². The molecule has 0 bridgehead atoms. The van der Waals surface area contributed by atoms with E-state index < -0.39 is 12.0 Å². The summed E-state index contributed by atoms with van der Waals surface area (Å²) >= 11 is 0. The minimum Gasteiger partial charge on any atom is -0.381 e. The van der Waals surface area contributed by atoms with Gasteiger partial charge in [-0.15, -0.1) is 0 Å². The lowest BCUT2D eigenvalue weighted by Crippen LogP contribution is -2.40. The van der Waals surface area contributed by atoms with Crippen LogP contribution in [0.3, 0.4) is 0 Å². The van der Waals surface area contributed by atoms with Crippen molar-refractivity contribution in [2.24, 2.45) is 5.73 Å². The van der Waals surface area contributed by atoms with Gasteiger partial charge < -0.3 is 21.5 Å². The Kier molecular flexibility index (Phi) is 7.49. The third-order valence-electron chi connectivity index (χ3n) is 1.95. The molecule has 0 aliphatic carbocycles. The largest absolute Gasteiger partial charge is 0.381 e. The number of nitrogens with one attached hydrogen (secondary N) is 2. The lowest BCUT2D eigenvalue weighted by Gasteiger charge is -2.09. The van der Waals surface area contributed by atoms with E-state index in [4.69, 9.17) is 10.8 Å². The molecule has 0 aromatic carbocycles. The highest BCUT2D eigenvalue weighted by atomic mass is 16.3. The fraction of sp³-hybridized carbons (Fsp3) is 0.800. The lowest BCUT2D eigenvalue weighted by molar-refractivity contribution is -0.127. The van der Waals surface area contributed by atoms with Crippen LogP contribution in [0.1, 0.15) is 26.7 Å². The first-order chi connectivity index (χ1) is 7.43. The summed E-state index contributed by atoms with van der Waals surface area (Å²) in [5.41, 5.74) is 4.83. The molecule has 0 radical (unpaired) electrons. The standard InChI is InChI=1S/C10H21N3O3/c1-7(2)12-5-3-4-9(15)13-6-8(14)10(11)16/h7-8,12,14H,3-6H2,1-2H3,(H2,11,16)(H,13,15). The molecule has 0 saturated carbocycles. The molecule has 94 valence electrons. The van der Waals surface area contributed by atoms with Crippen molar-refractivity contribution < 1.29 is 14.7 Å². The van der Waals surface area contributed by atoms with Crippen molar-refractivity contribution in [1.82, 2.24) is 10.6 Å². The molecule has 6 heteroatoms. The Morgan fingerprint density at radius 1 is 1.38 bits per heavy atom. The van der Waals surface area contributed by atoms with Gasteiger partial charge in [-0.05, 0) is 13.0 Å². The molecule has 0 fully saturated rings. The van der Waals surface area contributed by atoms with Gasteiger partial charge in [0.1, 0.15) is 6.10 Å². The Bertz CT molecular complexity index is 231. The topological polar surface area (TPSA) is 104 Å². The molecular formula is C10H21N3O3. The zero-order valence-corrected chi connectivity index (χ0v) is 9.82. The molecule has 0 heterocycles. The average molecular weight is 231 g/mol. The number of hydrogen-bond acceptors (Lipinski definition) is 4. The van der Waals surface area contributed by atoms with Crippen molar-refractivity contribution in [3.8, 4) is 0 Å². The number of aliphatic hydroxyl groups is 1. The van der Waals surface area contributed by atoms with Crippen molar-refractivity contribution in [2.45, 2.75) is 38.8 Å². The van der Waals surface area contributed by atoms with Gasteiger partial charge in [0, 0.05) is 12.5 Å². The fourth-order valence-electron chi connectivity index (χ4n) is 1.04. The van der Waals surface area contributed by atoms with Crippen molar-refractivity contribution in [3.05, 3.63) is 0 Å². The Balaban J connectivity index is 3.48. The highest BCUT2D eigenvalue weighted by Crippen LogP contribution is 1.89. The van der Waals surface area contributed by atoms with Gasteiger partial charge in [0.05, 0.1) is 6.54 Å². The van der Waals surface area contributed by atoms with Gasteiger partial charge in [-0.25, -0.2) is 0 Å². The van der Waals surface area contributed by atoms with Crippen LogP contribution in [-0.2, 0) is 9.59 Å². The quantitative estimate of drug-likeness (QED) is 0.391. The van der Waals surface area contributed by atoms with Crippen molar-refractivity contribution in [2.75, 3.05) is 13.1 Å². The van der Waals surface area contributed by atoms with Crippen molar-refractivity contribution in [1.29, 1.82) is 0 Å². The van der Waals surface area contributed by atoms with Gasteiger partial charge in [0.2, 0.25) is 11.8 Å². The van der Waals surface area contributed by atoms with Crippen LogP contribution in [0.4, 0.5) is 0 Å². The first kappa shape index (κ1) is 14.9. The number of aliphatic hydroxyl groups excluding tert-OH is 1. The van der Waals surface area contributed by atoms with E-state index in [1.165, 1.54) is 0 Å². The van der Waals surface area contributed by atoms with Gasteiger partial charge in [-0.2, -0.15) is 0 Å². The number of nitrogens with two attached hydrogens (primary N) is 1. The minimum absolute atomic E-state index is 0.119. The van der Waals surface area contributed by atoms with Crippen LogP contribution in [0.15, 0.2) is 0 Å². The van der Waals surface area contributed by atoms with E-state index in [1.807, 2.05) is 13.8 Å². The molecule has 1 unspecified atom stereocenters. The second-order valence-electron chi connectivity index (χ2n) is 3.93. The molecule has 0 aliphatic rings. The Hall–Kier alpha value is -1.14. The summed E-state index contributed by atoms with van der Waals surface area (Å²) < 4.78 is 0. The molecule has 0 aliphatic heterocycles. The van der Waals surface area contributed by atoms with Crippen LogP contribution in [0.25, 0.3) is 0 Å². The smallest absolute Gasteiger partial charge is 0.248 e. The highest BCUT2D eigenvalue weighted by molar-refractivity contribution is 5.80. The molecule has 5 N–H and O–H groups in total. The molecular weight excluding hydrogens is 210 g/mol. The molecule has 6 nitrogen and oxygen atoms in total. The average Bonchev–Trinajstić information content (AvgIpc) is 2.20. The minimum atomic E-state index is -1.31. The molecule has 0 rings (SSSR count). The maximum absolute atomic E-state index is 11.2. The Morgan fingerprint density at radius 3 is 2.50 bits per heavy atom. The van der Waals surface area contributed by atoms with Crippen molar-refractivity contribution in [3.63, 3.8) is 0 Å². The first-order valence-corrected chi connectivity index (χ1v) is 5.41. The number of carbonyl (C=O) groups is 2. The number of amides is 2. The summed E-state index contributed by atoms with van der Waals surface area (Å²) in [5.74, 6) is -1.02. The van der Waals surface area contributed by atoms with Crippen LogP contribution < -0.4 is 16.4 Å². The summed E-state index contributed by atoms with van der Waals surface area (Å²) in [7, 11) is 0. The molecule has 1 atom stereocenters. The summed E-state index contributed by atoms with van der Waals surface area (Å²) in [6.07, 6.45) is -0.222. The number of hydrogen-bond donors (Lipinski definition) is 4. The molecule has 0 aromatic rings. The van der Waals surface area contributed by atoms with Crippen LogP contribution >= 0.6 is 0 Å². The van der Waals surface area contributed by atoms with Crippen LogP contribution in [0.5, 0.6) is 0 Å². The third-order valence-corrected chi connectivity index (χ3v) is 1.95. The normalized spacial score (nSPS) is 12.5. The van der Waals surface area contributed by atoms with E-state index in [9.17, 15) is 9.59 Å². The van der Waals surface area contributed by atoms with Crippen LogP contribution in [0.2, 0.25) is 0 Å². The Labute approximate surface area is 95.6 Å². The first-order valence-electron chi connectivity index (χ1n) is 5.41. The molecule has 0 saturated heterocycles. The maximum atomic E-state index is 11.2. The fourth-order valence-corrected chi connectivity index (χ4v) is 1.04. The highest BCUT2D eigenvalue weighted by Gasteiger charge is 2.11. The number of primary amides is 1. The predicted molar refractivity (Wildman–Crippen MR) is 60.6 cm³/mol. The van der Waals surface area contributed by atoms with Gasteiger partial charge in [0.25, 0.3) is 0 Å².